The van der Waals surface area contributed by atoms with E-state index in [1.54, 1.807) is 0 Å². The highest BCUT2D eigenvalue weighted by atomic mass is 79.9. The molecule has 2 heterocycles. The summed E-state index contributed by atoms with van der Waals surface area (Å²) < 4.78 is 32.9. The average molecular weight is 356 g/mol. The second kappa shape index (κ2) is 5.18. The zero-order valence-electron chi connectivity index (χ0n) is 9.77. The van der Waals surface area contributed by atoms with Crippen LogP contribution in [0.15, 0.2) is 14.7 Å². The maximum Gasteiger partial charge on any atom is 0.243 e. The minimum atomic E-state index is -3.60. The van der Waals surface area contributed by atoms with Gasteiger partial charge in [-0.1, -0.05) is 0 Å². The maximum atomic E-state index is 12.3. The quantitative estimate of drug-likeness (QED) is 0.857. The van der Waals surface area contributed by atoms with Gasteiger partial charge in [0.25, 0.3) is 0 Å². The summed E-state index contributed by atoms with van der Waals surface area (Å²) >= 11 is 4.43. The van der Waals surface area contributed by atoms with Gasteiger partial charge in [-0.25, -0.2) is 13.1 Å². The second-order valence-electron chi connectivity index (χ2n) is 4.48. The molecule has 8 heteroatoms. The smallest absolute Gasteiger partial charge is 0.243 e. The van der Waals surface area contributed by atoms with E-state index in [2.05, 4.69) is 20.7 Å². The number of aliphatic hydroxyl groups excluding tert-OH is 1. The second-order valence-corrected chi connectivity index (χ2v) is 8.58. The van der Waals surface area contributed by atoms with E-state index in [0.717, 1.165) is 0 Å². The number of halogens is 1. The molecule has 0 radical (unpaired) electrons. The lowest BCUT2D eigenvalue weighted by atomic mass is 10.0. The number of ether oxygens (including phenoxy) is 1. The Morgan fingerprint density at radius 2 is 2.39 bits per heavy atom. The molecule has 0 bridgehead atoms. The van der Waals surface area contributed by atoms with Gasteiger partial charge < -0.3 is 9.84 Å². The van der Waals surface area contributed by atoms with Crippen molar-refractivity contribution in [2.75, 3.05) is 13.2 Å². The van der Waals surface area contributed by atoms with Crippen molar-refractivity contribution >= 4 is 37.3 Å². The zero-order chi connectivity index (χ0) is 13.4. The lowest BCUT2D eigenvalue weighted by Crippen LogP contribution is -2.46. The van der Waals surface area contributed by atoms with E-state index < -0.39 is 15.6 Å². The van der Waals surface area contributed by atoms with Gasteiger partial charge in [-0.15, -0.1) is 11.3 Å². The molecular formula is C10H14BrNO4S2. The molecule has 0 aromatic carbocycles. The maximum absolute atomic E-state index is 12.3. The molecule has 1 fully saturated rings. The number of rotatable bonds is 4. The van der Waals surface area contributed by atoms with E-state index in [-0.39, 0.29) is 11.5 Å². The first-order valence-electron chi connectivity index (χ1n) is 5.37. The van der Waals surface area contributed by atoms with Gasteiger partial charge >= 0.3 is 0 Å². The molecular weight excluding hydrogens is 342 g/mol. The fourth-order valence-electron chi connectivity index (χ4n) is 1.79. The van der Waals surface area contributed by atoms with Gasteiger partial charge in [-0.3, -0.25) is 0 Å². The minimum absolute atomic E-state index is 0.167. The Morgan fingerprint density at radius 3 is 2.89 bits per heavy atom. The van der Waals surface area contributed by atoms with Gasteiger partial charge in [-0.05, 0) is 35.3 Å². The fraction of sp³-hybridized carbons (Fsp3) is 0.600. The Balaban J connectivity index is 2.27. The molecule has 1 aromatic rings. The molecule has 0 aliphatic carbocycles. The molecule has 1 aromatic heterocycles. The molecule has 18 heavy (non-hydrogen) atoms. The van der Waals surface area contributed by atoms with Gasteiger partial charge in [0.2, 0.25) is 10.0 Å². The first-order chi connectivity index (χ1) is 8.36. The molecule has 0 amide bonds. The lowest BCUT2D eigenvalue weighted by molar-refractivity contribution is 0.178. The minimum Gasteiger partial charge on any atom is -0.391 e. The number of hydrogen-bond acceptors (Lipinski definition) is 5. The fourth-order valence-corrected chi connectivity index (χ4v) is 5.75. The first-order valence-corrected chi connectivity index (χ1v) is 8.46. The molecule has 1 aliphatic heterocycles. The van der Waals surface area contributed by atoms with Crippen molar-refractivity contribution in [3.05, 3.63) is 14.7 Å². The predicted molar refractivity (Wildman–Crippen MR) is 72.1 cm³/mol. The van der Waals surface area contributed by atoms with E-state index >= 15 is 0 Å². The topological polar surface area (TPSA) is 75.6 Å². The molecule has 0 saturated carbocycles. The highest BCUT2D eigenvalue weighted by Gasteiger charge is 2.35. The van der Waals surface area contributed by atoms with Crippen LogP contribution in [0.2, 0.25) is 0 Å². The lowest BCUT2D eigenvalue weighted by Gasteiger charge is -2.22. The number of aliphatic hydroxyl groups is 1. The van der Waals surface area contributed by atoms with Gasteiger partial charge in [0.05, 0.1) is 22.5 Å². The Kier molecular flexibility index (Phi) is 4.15. The van der Waals surface area contributed by atoms with Crippen molar-refractivity contribution < 1.29 is 18.3 Å². The van der Waals surface area contributed by atoms with Crippen molar-refractivity contribution in [1.82, 2.24) is 4.72 Å². The predicted octanol–water partition coefficient (Wildman–Crippen LogP) is 1.46. The molecule has 102 valence electrons. The van der Waals surface area contributed by atoms with E-state index in [1.165, 1.54) is 17.4 Å². The summed E-state index contributed by atoms with van der Waals surface area (Å²) in [5.74, 6) is 0. The molecule has 1 saturated heterocycles. The summed E-state index contributed by atoms with van der Waals surface area (Å²) in [4.78, 5) is 0.778. The van der Waals surface area contributed by atoms with Crippen LogP contribution in [0.5, 0.6) is 0 Å². The summed E-state index contributed by atoms with van der Waals surface area (Å²) in [7, 11) is -3.60. The highest BCUT2D eigenvalue weighted by molar-refractivity contribution is 9.11. The Morgan fingerprint density at radius 1 is 1.67 bits per heavy atom. The number of hydrogen-bond donors (Lipinski definition) is 2. The van der Waals surface area contributed by atoms with Crippen LogP contribution in [0.3, 0.4) is 0 Å². The van der Waals surface area contributed by atoms with Crippen molar-refractivity contribution in [3.63, 3.8) is 0 Å². The largest absolute Gasteiger partial charge is 0.391 e. The van der Waals surface area contributed by atoms with Crippen LogP contribution >= 0.6 is 27.3 Å². The summed E-state index contributed by atoms with van der Waals surface area (Å²) in [5.41, 5.74) is -0.556. The van der Waals surface area contributed by atoms with Crippen LogP contribution < -0.4 is 4.72 Å². The van der Waals surface area contributed by atoms with E-state index in [4.69, 9.17) is 9.84 Å². The Labute approximate surface area is 118 Å². The van der Waals surface area contributed by atoms with Crippen LogP contribution in [0.1, 0.15) is 18.2 Å². The normalized spacial score (nSPS) is 24.6. The molecule has 0 spiro atoms. The SMILES string of the molecule is CC1(NS(=O)(=O)c2cc(CO)sc2Br)CCOC1. The van der Waals surface area contributed by atoms with Crippen LogP contribution in [0, 0.1) is 0 Å². The third-order valence-corrected chi connectivity index (χ3v) is 6.63. The average Bonchev–Trinajstić information content (AvgIpc) is 2.84. The number of thiophene rings is 1. The molecule has 5 nitrogen and oxygen atoms in total. The first kappa shape index (κ1) is 14.4. The standard InChI is InChI=1S/C10H14BrNO4S2/c1-10(2-3-16-6-10)12-18(14,15)8-4-7(5-13)17-9(8)11/h4,12-13H,2-3,5-6H2,1H3. The van der Waals surface area contributed by atoms with Gasteiger partial charge in [-0.2, -0.15) is 0 Å². The van der Waals surface area contributed by atoms with Crippen LogP contribution in [0.4, 0.5) is 0 Å². The summed E-state index contributed by atoms with van der Waals surface area (Å²) in [5, 5.41) is 9.03. The summed E-state index contributed by atoms with van der Waals surface area (Å²) in [6.07, 6.45) is 0.654. The van der Waals surface area contributed by atoms with Crippen LogP contribution in [0.25, 0.3) is 0 Å². The van der Waals surface area contributed by atoms with E-state index in [0.29, 0.717) is 28.3 Å². The number of sulfonamides is 1. The molecule has 2 rings (SSSR count). The molecule has 1 atom stereocenters. The van der Waals surface area contributed by atoms with Crippen LogP contribution in [-0.4, -0.2) is 32.3 Å². The van der Waals surface area contributed by atoms with E-state index in [9.17, 15) is 8.42 Å². The summed E-state index contributed by atoms with van der Waals surface area (Å²) in [6, 6.07) is 1.48. The summed E-state index contributed by atoms with van der Waals surface area (Å²) in [6.45, 7) is 2.59. The third kappa shape index (κ3) is 2.94. The van der Waals surface area contributed by atoms with Gasteiger partial charge in [0.15, 0.2) is 0 Å². The van der Waals surface area contributed by atoms with E-state index in [1.807, 2.05) is 6.92 Å². The molecule has 1 aliphatic rings. The van der Waals surface area contributed by atoms with Crippen molar-refractivity contribution in [1.29, 1.82) is 0 Å². The van der Waals surface area contributed by atoms with Gasteiger partial charge in [0.1, 0.15) is 4.90 Å². The van der Waals surface area contributed by atoms with Crippen LogP contribution in [-0.2, 0) is 21.4 Å². The monoisotopic (exact) mass is 355 g/mol. The van der Waals surface area contributed by atoms with Crippen molar-refractivity contribution in [3.8, 4) is 0 Å². The van der Waals surface area contributed by atoms with Gasteiger partial charge in [0, 0.05) is 11.5 Å². The molecule has 1 unspecified atom stereocenters. The van der Waals surface area contributed by atoms with Crippen molar-refractivity contribution in [2.24, 2.45) is 0 Å². The number of nitrogens with one attached hydrogen (secondary N) is 1. The Bertz CT molecular complexity index is 534. The zero-order valence-corrected chi connectivity index (χ0v) is 13.0. The molecule has 2 N–H and O–H groups in total. The highest BCUT2D eigenvalue weighted by Crippen LogP contribution is 2.33. The van der Waals surface area contributed by atoms with Crippen molar-refractivity contribution in [2.45, 2.75) is 30.4 Å². The third-order valence-electron chi connectivity index (χ3n) is 2.75. The Hall–Kier alpha value is 0.01000.